The minimum atomic E-state index is -0.400. The first kappa shape index (κ1) is 84.6. The highest BCUT2D eigenvalue weighted by atomic mass is 16.6. The summed E-state index contributed by atoms with van der Waals surface area (Å²) in [6.07, 6.45) is 7.21. The second-order valence-corrected chi connectivity index (χ2v) is 31.3. The third-order valence-electron chi connectivity index (χ3n) is 19.4. The van der Waals surface area contributed by atoms with E-state index in [0.717, 1.165) is 116 Å². The molecule has 0 bridgehead atoms. The van der Waals surface area contributed by atoms with Crippen LogP contribution >= 0.6 is 0 Å². The van der Waals surface area contributed by atoms with E-state index in [4.69, 9.17) is 66.3 Å². The van der Waals surface area contributed by atoms with E-state index in [-0.39, 0.29) is 54.2 Å². The van der Waals surface area contributed by atoms with Crippen molar-refractivity contribution < 1.29 is 66.3 Å². The highest BCUT2D eigenvalue weighted by molar-refractivity contribution is 5.54. The minimum Gasteiger partial charge on any atom is -0.491 e. The van der Waals surface area contributed by atoms with Crippen LogP contribution in [-0.2, 0) is 67.7 Å². The number of benzene rings is 8. The number of rotatable bonds is 32. The Morgan fingerprint density at radius 3 is 0.927 bits per heavy atom. The summed E-state index contributed by atoms with van der Waals surface area (Å²) < 4.78 is 77.5. The van der Waals surface area contributed by atoms with Crippen LogP contribution < -0.4 is 33.2 Å². The summed E-state index contributed by atoms with van der Waals surface area (Å²) in [7, 11) is 0. The highest BCUT2D eigenvalue weighted by Crippen LogP contribution is 2.43. The molecule has 109 heavy (non-hydrogen) atoms. The molecule has 7 unspecified atom stereocenters. The Morgan fingerprint density at radius 2 is 0.615 bits per heavy atom. The number of ether oxygens (including phenoxy) is 14. The van der Waals surface area contributed by atoms with E-state index in [2.05, 4.69) is 248 Å². The lowest BCUT2D eigenvalue weighted by atomic mass is 9.70. The average molecular weight is 1490 g/mol. The molecular weight excluding hydrogens is 1370 g/mol. The van der Waals surface area contributed by atoms with Crippen molar-refractivity contribution in [1.82, 2.24) is 0 Å². The van der Waals surface area contributed by atoms with Gasteiger partial charge in [0.15, 0.2) is 0 Å². The van der Waals surface area contributed by atoms with Gasteiger partial charge in [0.1, 0.15) is 129 Å². The molecule has 7 atom stereocenters. The van der Waals surface area contributed by atoms with Crippen LogP contribution in [0.2, 0.25) is 0 Å². The molecule has 14 heteroatoms. The maximum absolute atomic E-state index is 5.99. The number of epoxide rings is 7. The Labute approximate surface area is 651 Å². The number of allylic oxidation sites excluding steroid dienone is 2. The third kappa shape index (κ3) is 26.7. The smallest absolute Gasteiger partial charge is 0.123 e. The van der Waals surface area contributed by atoms with Gasteiger partial charge in [-0.05, 0) is 166 Å². The van der Waals surface area contributed by atoms with Gasteiger partial charge >= 0.3 is 0 Å². The van der Waals surface area contributed by atoms with Crippen LogP contribution in [0.1, 0.15) is 159 Å². The molecular formula is C95H122O14. The van der Waals surface area contributed by atoms with E-state index in [1.165, 1.54) is 50.1 Å². The summed E-state index contributed by atoms with van der Waals surface area (Å²) in [5, 5.41) is 0. The van der Waals surface area contributed by atoms with Crippen molar-refractivity contribution in [3.05, 3.63) is 268 Å². The van der Waals surface area contributed by atoms with Gasteiger partial charge in [0.2, 0.25) is 0 Å². The van der Waals surface area contributed by atoms with Crippen molar-refractivity contribution >= 4 is 0 Å². The number of para-hydroxylation sites is 1. The molecule has 8 aromatic rings. The summed E-state index contributed by atoms with van der Waals surface area (Å²) in [5.41, 5.74) is 12.7. The van der Waals surface area contributed by atoms with Crippen molar-refractivity contribution in [2.24, 2.45) is 5.92 Å². The van der Waals surface area contributed by atoms with Gasteiger partial charge < -0.3 is 66.3 Å². The number of aryl methyl sites for hydroxylation is 1. The molecule has 15 rings (SSSR count). The van der Waals surface area contributed by atoms with Gasteiger partial charge in [-0.1, -0.05) is 218 Å². The van der Waals surface area contributed by atoms with Gasteiger partial charge in [0, 0.05) is 16.2 Å². The molecule has 0 saturated carbocycles. The summed E-state index contributed by atoms with van der Waals surface area (Å²) in [5.74, 6) is 7.16. The fraction of sp³-hybridized carbons (Fsp3) is 0.453. The topological polar surface area (TPSA) is 152 Å². The maximum atomic E-state index is 5.99. The predicted molar refractivity (Wildman–Crippen MR) is 438 cm³/mol. The van der Waals surface area contributed by atoms with Gasteiger partial charge in [0.05, 0.1) is 46.2 Å². The lowest BCUT2D eigenvalue weighted by molar-refractivity contribution is 0.258. The van der Waals surface area contributed by atoms with Crippen LogP contribution in [-0.4, -0.2) is 135 Å². The largest absolute Gasteiger partial charge is 0.491 e. The molecule has 0 N–H and O–H groups in total. The highest BCUT2D eigenvalue weighted by Gasteiger charge is 2.35. The van der Waals surface area contributed by atoms with E-state index >= 15 is 0 Å². The first-order chi connectivity index (χ1) is 52.0. The van der Waals surface area contributed by atoms with Crippen LogP contribution in [0.5, 0.6) is 40.2 Å². The van der Waals surface area contributed by atoms with Gasteiger partial charge in [-0.25, -0.2) is 0 Å². The van der Waals surface area contributed by atoms with Crippen molar-refractivity contribution in [3.8, 4) is 40.2 Å². The summed E-state index contributed by atoms with van der Waals surface area (Å²) in [6.45, 7) is 48.4. The van der Waals surface area contributed by atoms with Crippen molar-refractivity contribution in [3.63, 3.8) is 0 Å². The lowest BCUT2D eigenvalue weighted by Crippen LogP contribution is -2.26. The molecule has 7 saturated heterocycles. The van der Waals surface area contributed by atoms with Crippen molar-refractivity contribution in [1.29, 1.82) is 0 Å². The van der Waals surface area contributed by atoms with Crippen molar-refractivity contribution in [2.75, 3.05) is 92.5 Å². The fourth-order valence-electron chi connectivity index (χ4n) is 12.0. The molecule has 0 aliphatic carbocycles. The number of hydrogen-bond donors (Lipinski definition) is 0. The molecule has 0 radical (unpaired) electrons. The van der Waals surface area contributed by atoms with Gasteiger partial charge in [0.25, 0.3) is 0 Å². The molecule has 7 aliphatic heterocycles. The van der Waals surface area contributed by atoms with Crippen molar-refractivity contribution in [2.45, 2.75) is 182 Å². The predicted octanol–water partition coefficient (Wildman–Crippen LogP) is 19.6. The van der Waals surface area contributed by atoms with E-state index in [1.54, 1.807) is 0 Å². The zero-order valence-electron chi connectivity index (χ0n) is 66.5. The third-order valence-corrected chi connectivity index (χ3v) is 19.4. The SMILES string of the molecule is C.C=CCc1cc(C(C)(C)c2ccc(OCC3CO3)c(CC=C)c2)ccc1OCC1CO1.CC.CC(C)(c1ccc(OCC2CO2)cc1)c1ccc(C(C)(c2ccc(OCC3CO3)cc2)c2ccc(OCC3CO3)cc2)cc1.CC(C)C.Cc1ccc(C(C)(C)C)c(OCC2CO2)c1.c1ccc(OCC2CO2)cc1. The first-order valence-electron chi connectivity index (χ1n) is 38.8. The molecule has 0 aromatic heterocycles. The fourth-order valence-corrected chi connectivity index (χ4v) is 12.0. The Hall–Kier alpha value is -8.44. The first-order valence-corrected chi connectivity index (χ1v) is 38.8. The quantitative estimate of drug-likeness (QED) is 0.0223. The van der Waals surface area contributed by atoms with Crippen LogP contribution in [0, 0.1) is 12.8 Å². The standard InChI is InChI=1S/C38H40O6.C27H32O4.C14H20O2.C9H10O2.C4H10.C2H6.CH4/c1-37(2,27-8-14-31(15-9-27)39-20-34-23-42-34)26-4-6-28(7-5-26)38(3,29-10-16-32(17-11-29)40-21-35-24-43-35)30-12-18-33(19-13-30)41-22-36-25-44-36;1-5-7-19-13-21(9-11-25(19)30-17-23-15-28-23)27(3,4)22-10-12-26(20(14-22)8-6-2)31-18-24-16-29-24;1-10-5-6-12(14(2,3)4)13(7-10)16-9-11-8-15-11;1-2-4-8(5-3-1)10-6-9-7-11-9;1-4(2)3;1-2;/h4-19,34-36H,20-25H2,1-3H3;5-6,9-14,23-24H,1-2,7-8,15-18H2,3-4H3;5-7,11H,8-9H2,1-4H3;1-5,9H,6-7H2;4H,1-3H3;1-2H3;1H4. The zero-order chi connectivity index (χ0) is 76.9. The monoisotopic (exact) mass is 1490 g/mol. The molecule has 0 amide bonds. The Morgan fingerprint density at radius 1 is 0.349 bits per heavy atom. The minimum absolute atomic E-state index is 0. The zero-order valence-corrected chi connectivity index (χ0v) is 66.5. The van der Waals surface area contributed by atoms with E-state index in [9.17, 15) is 0 Å². The second kappa shape index (κ2) is 40.0. The molecule has 8 aromatic carbocycles. The van der Waals surface area contributed by atoms with Crippen LogP contribution in [0.3, 0.4) is 0 Å². The molecule has 14 nitrogen and oxygen atoms in total. The molecule has 7 heterocycles. The Kier molecular flexibility index (Phi) is 31.0. The maximum Gasteiger partial charge on any atom is 0.123 e. The average Bonchev–Trinajstić information content (AvgIpc) is 1.48. The van der Waals surface area contributed by atoms with Crippen LogP contribution in [0.25, 0.3) is 0 Å². The van der Waals surface area contributed by atoms with Gasteiger partial charge in [-0.15, -0.1) is 13.2 Å². The number of hydrogen-bond acceptors (Lipinski definition) is 14. The normalized spacial score (nSPS) is 19.7. The Balaban J connectivity index is 0.000000181. The summed E-state index contributed by atoms with van der Waals surface area (Å²) in [6, 6.07) is 63.6. The molecule has 586 valence electrons. The van der Waals surface area contributed by atoms with E-state index in [0.29, 0.717) is 58.5 Å². The van der Waals surface area contributed by atoms with Gasteiger partial charge in [-0.3, -0.25) is 0 Å². The summed E-state index contributed by atoms with van der Waals surface area (Å²) >= 11 is 0. The molecule has 7 fully saturated rings. The molecule has 0 spiro atoms. The van der Waals surface area contributed by atoms with Crippen LogP contribution in [0.15, 0.2) is 207 Å². The Bertz CT molecular complexity index is 3900. The summed E-state index contributed by atoms with van der Waals surface area (Å²) in [4.78, 5) is 0. The second-order valence-electron chi connectivity index (χ2n) is 31.3. The molecule has 7 aliphatic rings. The van der Waals surface area contributed by atoms with Gasteiger partial charge in [-0.2, -0.15) is 0 Å². The van der Waals surface area contributed by atoms with E-state index in [1.807, 2.05) is 56.3 Å². The van der Waals surface area contributed by atoms with Crippen LogP contribution in [0.4, 0.5) is 0 Å². The van der Waals surface area contributed by atoms with E-state index < -0.39 is 5.41 Å². The lowest BCUT2D eigenvalue weighted by Gasteiger charge is -2.33.